The number of piperidine rings is 1. The molecule has 0 bridgehead atoms. The molecule has 5 heteroatoms. The number of likely N-dealkylation sites (tertiary alicyclic amines) is 2. The number of amides is 2. The number of hydrogen-bond donors (Lipinski definition) is 0. The van der Waals surface area contributed by atoms with Crippen molar-refractivity contribution >= 4 is 11.8 Å². The van der Waals surface area contributed by atoms with E-state index in [-0.39, 0.29) is 35.5 Å². The number of carbonyl (C=O) groups is 2. The van der Waals surface area contributed by atoms with E-state index in [0.29, 0.717) is 13.1 Å². The Balaban J connectivity index is 1.34. The first-order valence-corrected chi connectivity index (χ1v) is 8.98. The molecule has 128 valence electrons. The molecule has 1 aromatic rings. The molecule has 4 nitrogen and oxygen atoms in total. The van der Waals surface area contributed by atoms with Crippen molar-refractivity contribution < 1.29 is 14.0 Å². The maximum Gasteiger partial charge on any atom is 0.226 e. The van der Waals surface area contributed by atoms with Gasteiger partial charge in [0.1, 0.15) is 5.82 Å². The maximum absolute atomic E-state index is 13.1. The van der Waals surface area contributed by atoms with E-state index in [1.54, 1.807) is 12.1 Å². The molecule has 1 atom stereocenters. The average Bonchev–Trinajstić information content (AvgIpc) is 3.40. The van der Waals surface area contributed by atoms with Crippen LogP contribution in [0.3, 0.4) is 0 Å². The summed E-state index contributed by atoms with van der Waals surface area (Å²) in [5.41, 5.74) is 1.01. The molecule has 0 N–H and O–H groups in total. The molecule has 1 aliphatic carbocycles. The number of nitrogens with zero attached hydrogens (tertiary/aromatic N) is 2. The molecule has 1 aromatic carbocycles. The molecule has 1 saturated carbocycles. The van der Waals surface area contributed by atoms with Crippen molar-refractivity contribution in [3.63, 3.8) is 0 Å². The van der Waals surface area contributed by atoms with Crippen molar-refractivity contribution in [1.82, 2.24) is 9.80 Å². The predicted molar refractivity (Wildman–Crippen MR) is 87.5 cm³/mol. The molecule has 2 saturated heterocycles. The predicted octanol–water partition coefficient (Wildman–Crippen LogP) is 2.75. The Bertz CT molecular complexity index is 633. The normalized spacial score (nSPS) is 24.6. The van der Waals surface area contributed by atoms with Gasteiger partial charge in [-0.3, -0.25) is 9.59 Å². The highest BCUT2D eigenvalue weighted by Gasteiger charge is 2.40. The van der Waals surface area contributed by atoms with Crippen LogP contribution < -0.4 is 0 Å². The monoisotopic (exact) mass is 330 g/mol. The van der Waals surface area contributed by atoms with Gasteiger partial charge >= 0.3 is 0 Å². The zero-order chi connectivity index (χ0) is 16.7. The van der Waals surface area contributed by atoms with E-state index in [0.717, 1.165) is 44.2 Å². The SMILES string of the molecule is O=C(C1CC1)N1CCC(C(=O)N2CC[C@H]2c2ccc(F)cc2)CC1. The third-order valence-corrected chi connectivity index (χ3v) is 5.64. The van der Waals surface area contributed by atoms with Gasteiger partial charge in [0.25, 0.3) is 0 Å². The molecule has 0 unspecified atom stereocenters. The molecule has 3 aliphatic rings. The van der Waals surface area contributed by atoms with E-state index in [9.17, 15) is 14.0 Å². The zero-order valence-electron chi connectivity index (χ0n) is 13.8. The number of benzene rings is 1. The number of carbonyl (C=O) groups excluding carboxylic acids is 2. The van der Waals surface area contributed by atoms with E-state index in [1.165, 1.54) is 12.1 Å². The second kappa shape index (κ2) is 6.19. The summed E-state index contributed by atoms with van der Waals surface area (Å²) >= 11 is 0. The number of rotatable bonds is 3. The van der Waals surface area contributed by atoms with Crippen molar-refractivity contribution in [2.24, 2.45) is 11.8 Å². The van der Waals surface area contributed by atoms with Gasteiger partial charge in [-0.15, -0.1) is 0 Å². The van der Waals surface area contributed by atoms with Crippen LogP contribution in [0.4, 0.5) is 4.39 Å². The third-order valence-electron chi connectivity index (χ3n) is 5.64. The van der Waals surface area contributed by atoms with Crippen LogP contribution in [-0.4, -0.2) is 41.2 Å². The third kappa shape index (κ3) is 2.92. The summed E-state index contributed by atoms with van der Waals surface area (Å²) < 4.78 is 13.1. The lowest BCUT2D eigenvalue weighted by molar-refractivity contribution is -0.147. The number of hydrogen-bond acceptors (Lipinski definition) is 2. The highest BCUT2D eigenvalue weighted by atomic mass is 19.1. The molecular formula is C19H23FN2O2. The Morgan fingerprint density at radius 2 is 1.46 bits per heavy atom. The lowest BCUT2D eigenvalue weighted by Gasteiger charge is -2.44. The van der Waals surface area contributed by atoms with E-state index >= 15 is 0 Å². The quantitative estimate of drug-likeness (QED) is 0.855. The van der Waals surface area contributed by atoms with Crippen LogP contribution in [0.2, 0.25) is 0 Å². The standard InChI is InChI=1S/C19H23FN2O2/c20-16-5-3-13(4-6-16)17-9-12-22(17)19(24)15-7-10-21(11-8-15)18(23)14-1-2-14/h3-6,14-15,17H,1-2,7-12H2/t17-/m0/s1. The van der Waals surface area contributed by atoms with Crippen LogP contribution in [0.1, 0.15) is 43.7 Å². The second-order valence-corrected chi connectivity index (χ2v) is 7.26. The minimum absolute atomic E-state index is 0.0245. The molecule has 0 aromatic heterocycles. The van der Waals surface area contributed by atoms with Gasteiger partial charge in [-0.05, 0) is 49.8 Å². The topological polar surface area (TPSA) is 40.6 Å². The van der Waals surface area contributed by atoms with E-state index in [2.05, 4.69) is 0 Å². The minimum atomic E-state index is -0.247. The molecule has 3 fully saturated rings. The Morgan fingerprint density at radius 3 is 2.00 bits per heavy atom. The molecule has 0 radical (unpaired) electrons. The average molecular weight is 330 g/mol. The second-order valence-electron chi connectivity index (χ2n) is 7.26. The van der Waals surface area contributed by atoms with E-state index in [4.69, 9.17) is 0 Å². The van der Waals surface area contributed by atoms with Crippen molar-refractivity contribution in [1.29, 1.82) is 0 Å². The summed E-state index contributed by atoms with van der Waals surface area (Å²) in [4.78, 5) is 28.8. The Labute approximate surface area is 141 Å². The van der Waals surface area contributed by atoms with Crippen LogP contribution >= 0.6 is 0 Å². The van der Waals surface area contributed by atoms with E-state index in [1.807, 2.05) is 9.80 Å². The van der Waals surface area contributed by atoms with Crippen LogP contribution in [0.15, 0.2) is 24.3 Å². The molecule has 2 aliphatic heterocycles. The molecule has 2 heterocycles. The minimum Gasteiger partial charge on any atom is -0.342 e. The molecule has 2 amide bonds. The van der Waals surface area contributed by atoms with Crippen LogP contribution in [0.5, 0.6) is 0 Å². The summed E-state index contributed by atoms with van der Waals surface area (Å²) in [6, 6.07) is 6.55. The van der Waals surface area contributed by atoms with Crippen molar-refractivity contribution in [2.45, 2.75) is 38.1 Å². The highest BCUT2D eigenvalue weighted by molar-refractivity contribution is 5.83. The van der Waals surface area contributed by atoms with Crippen LogP contribution in [0.25, 0.3) is 0 Å². The van der Waals surface area contributed by atoms with Gasteiger partial charge in [-0.1, -0.05) is 12.1 Å². The Kier molecular flexibility index (Phi) is 4.02. The summed E-state index contributed by atoms with van der Waals surface area (Å²) in [6.45, 7) is 2.20. The van der Waals surface area contributed by atoms with Gasteiger partial charge in [-0.25, -0.2) is 4.39 Å². The maximum atomic E-state index is 13.1. The molecule has 0 spiro atoms. The fourth-order valence-corrected chi connectivity index (χ4v) is 3.85. The van der Waals surface area contributed by atoms with Crippen molar-refractivity contribution in [3.8, 4) is 0 Å². The Hall–Kier alpha value is -1.91. The van der Waals surface area contributed by atoms with Gasteiger partial charge in [0.2, 0.25) is 11.8 Å². The molecular weight excluding hydrogens is 307 g/mol. The largest absolute Gasteiger partial charge is 0.342 e. The Morgan fingerprint density at radius 1 is 0.833 bits per heavy atom. The van der Waals surface area contributed by atoms with Gasteiger partial charge in [0, 0.05) is 31.5 Å². The highest BCUT2D eigenvalue weighted by Crippen LogP contribution is 2.37. The van der Waals surface area contributed by atoms with Gasteiger partial charge in [0.15, 0.2) is 0 Å². The van der Waals surface area contributed by atoms with Crippen LogP contribution in [-0.2, 0) is 9.59 Å². The van der Waals surface area contributed by atoms with Crippen molar-refractivity contribution in [2.75, 3.05) is 19.6 Å². The first kappa shape index (κ1) is 15.6. The first-order valence-electron chi connectivity index (χ1n) is 8.98. The summed E-state index contributed by atoms with van der Waals surface area (Å²) in [7, 11) is 0. The van der Waals surface area contributed by atoms with E-state index < -0.39 is 0 Å². The fourth-order valence-electron chi connectivity index (χ4n) is 3.85. The summed E-state index contributed by atoms with van der Waals surface area (Å²) in [5.74, 6) is 0.527. The van der Waals surface area contributed by atoms with Crippen LogP contribution in [0, 0.1) is 17.7 Å². The lowest BCUT2D eigenvalue weighted by Crippen LogP contribution is -2.50. The smallest absolute Gasteiger partial charge is 0.226 e. The molecule has 24 heavy (non-hydrogen) atoms. The van der Waals surface area contributed by atoms with Gasteiger partial charge < -0.3 is 9.80 Å². The first-order chi connectivity index (χ1) is 11.6. The zero-order valence-corrected chi connectivity index (χ0v) is 13.8. The fraction of sp³-hybridized carbons (Fsp3) is 0.579. The summed E-state index contributed by atoms with van der Waals surface area (Å²) in [5, 5.41) is 0. The van der Waals surface area contributed by atoms with Gasteiger partial charge in [-0.2, -0.15) is 0 Å². The summed E-state index contributed by atoms with van der Waals surface area (Å²) in [6.07, 6.45) is 4.54. The number of halogens is 1. The van der Waals surface area contributed by atoms with Crippen molar-refractivity contribution in [3.05, 3.63) is 35.6 Å². The van der Waals surface area contributed by atoms with Gasteiger partial charge in [0.05, 0.1) is 6.04 Å². The lowest BCUT2D eigenvalue weighted by atomic mass is 9.89. The molecule has 4 rings (SSSR count).